The molecule has 1 aliphatic heterocycles. The number of hydrogen-bond donors (Lipinski definition) is 2. The van der Waals surface area contributed by atoms with Crippen LogP contribution in [-0.4, -0.2) is 42.8 Å². The van der Waals surface area contributed by atoms with Crippen LogP contribution in [0.2, 0.25) is 0 Å². The van der Waals surface area contributed by atoms with Crippen LogP contribution in [0.3, 0.4) is 0 Å². The SMILES string of the molecule is COC(=O)C(Cc1ccccc1)OP(=O)([O-])C1Cc2ccc3cccc(c3c2)CC(=O)NC(C(C)C)C(=O)N1. The molecular weight excluding hydrogens is 519 g/mol. The van der Waals surface area contributed by atoms with E-state index in [4.69, 9.17) is 9.26 Å². The van der Waals surface area contributed by atoms with Gasteiger partial charge in [0.1, 0.15) is 6.04 Å². The van der Waals surface area contributed by atoms with Crippen LogP contribution >= 0.6 is 7.60 Å². The number of carbonyl (C=O) groups is 3. The van der Waals surface area contributed by atoms with E-state index in [1.807, 2.05) is 30.3 Å². The fourth-order valence-corrected chi connectivity index (χ4v) is 6.07. The van der Waals surface area contributed by atoms with Crippen LogP contribution in [0.15, 0.2) is 66.7 Å². The van der Waals surface area contributed by atoms with Crippen LogP contribution in [0.1, 0.15) is 30.5 Å². The predicted molar refractivity (Wildman–Crippen MR) is 145 cm³/mol. The number of nitrogens with one attached hydrogen (secondary N) is 2. The third-order valence-electron chi connectivity index (χ3n) is 6.78. The molecule has 4 atom stereocenters. The molecule has 2 N–H and O–H groups in total. The first-order chi connectivity index (χ1) is 18.6. The number of rotatable bonds is 7. The molecule has 206 valence electrons. The van der Waals surface area contributed by atoms with Crippen molar-refractivity contribution in [2.24, 2.45) is 5.92 Å². The highest BCUT2D eigenvalue weighted by Crippen LogP contribution is 2.45. The molecule has 0 radical (unpaired) electrons. The van der Waals surface area contributed by atoms with Crippen molar-refractivity contribution < 1.29 is 33.1 Å². The van der Waals surface area contributed by atoms with E-state index in [1.54, 1.807) is 50.2 Å². The molecular formula is C29H32N2O7P-. The molecule has 0 saturated carbocycles. The number of fused-ring (bicyclic) bond motifs is 1. The molecule has 4 rings (SSSR count). The van der Waals surface area contributed by atoms with Crippen LogP contribution in [0.25, 0.3) is 10.8 Å². The molecule has 2 bridgehead atoms. The Labute approximate surface area is 227 Å². The molecule has 0 fully saturated rings. The summed E-state index contributed by atoms with van der Waals surface area (Å²) in [5, 5.41) is 7.05. The fraction of sp³-hybridized carbons (Fsp3) is 0.345. The summed E-state index contributed by atoms with van der Waals surface area (Å²) in [5.74, 6) is -3.68. The van der Waals surface area contributed by atoms with Crippen molar-refractivity contribution in [2.45, 2.75) is 51.0 Å². The van der Waals surface area contributed by atoms with Crippen molar-refractivity contribution in [2.75, 3.05) is 7.11 Å². The van der Waals surface area contributed by atoms with Gasteiger partial charge in [-0.1, -0.05) is 80.6 Å². The van der Waals surface area contributed by atoms with Gasteiger partial charge in [0.25, 0.3) is 0 Å². The monoisotopic (exact) mass is 551 g/mol. The maximum atomic E-state index is 13.7. The molecule has 3 aromatic carbocycles. The van der Waals surface area contributed by atoms with Gasteiger partial charge in [-0.05, 0) is 33.4 Å². The molecule has 0 saturated heterocycles. The topological polar surface area (TPSA) is 134 Å². The number of hydrogen-bond acceptors (Lipinski definition) is 7. The Morgan fingerprint density at radius 1 is 1.05 bits per heavy atom. The first-order valence-corrected chi connectivity index (χ1v) is 14.4. The Morgan fingerprint density at radius 2 is 1.79 bits per heavy atom. The average molecular weight is 552 g/mol. The largest absolute Gasteiger partial charge is 0.777 e. The zero-order chi connectivity index (χ0) is 28.2. The summed E-state index contributed by atoms with van der Waals surface area (Å²) in [4.78, 5) is 52.4. The first kappa shape index (κ1) is 28.5. The van der Waals surface area contributed by atoms with E-state index in [0.717, 1.165) is 23.4 Å². The zero-order valence-corrected chi connectivity index (χ0v) is 23.0. The lowest BCUT2D eigenvalue weighted by molar-refractivity contribution is -0.208. The van der Waals surface area contributed by atoms with E-state index in [2.05, 4.69) is 10.6 Å². The van der Waals surface area contributed by atoms with Gasteiger partial charge >= 0.3 is 5.97 Å². The standard InChI is InChI=1S/C29H33N2O7P/c1-18(2)27-28(33)31-26(39(35,36)38-24(29(34)37-3)15-19-8-5-4-6-9-19)16-20-12-13-21-10-7-11-22(23(21)14-20)17-25(32)30-27/h4-14,18,24,26-27H,15-17H2,1-3H3,(H,30,32)(H,31,33)(H,35,36)/p-1. The fourth-order valence-electron chi connectivity index (χ4n) is 4.69. The average Bonchev–Trinajstić information content (AvgIpc) is 2.90. The second-order valence-electron chi connectivity index (χ2n) is 10.0. The molecule has 1 heterocycles. The second-order valence-corrected chi connectivity index (χ2v) is 11.9. The second kappa shape index (κ2) is 12.1. The van der Waals surface area contributed by atoms with E-state index >= 15 is 0 Å². The molecule has 0 spiro atoms. The van der Waals surface area contributed by atoms with E-state index in [9.17, 15) is 23.8 Å². The number of benzene rings is 3. The lowest BCUT2D eigenvalue weighted by atomic mass is 9.97. The normalized spacial score (nSPS) is 20.3. The highest BCUT2D eigenvalue weighted by atomic mass is 31.2. The summed E-state index contributed by atoms with van der Waals surface area (Å²) >= 11 is 0. The Kier molecular flexibility index (Phi) is 8.85. The quantitative estimate of drug-likeness (QED) is 0.341. The minimum absolute atomic E-state index is 0.0373. The molecule has 4 unspecified atom stereocenters. The van der Waals surface area contributed by atoms with E-state index in [-0.39, 0.29) is 31.1 Å². The van der Waals surface area contributed by atoms with E-state index < -0.39 is 37.4 Å². The van der Waals surface area contributed by atoms with Gasteiger partial charge in [0.05, 0.1) is 19.3 Å². The molecule has 9 nitrogen and oxygen atoms in total. The van der Waals surface area contributed by atoms with E-state index in [1.165, 1.54) is 0 Å². The van der Waals surface area contributed by atoms with Crippen LogP contribution in [0, 0.1) is 5.92 Å². The number of ether oxygens (including phenoxy) is 1. The van der Waals surface area contributed by atoms with Crippen LogP contribution in [0.5, 0.6) is 0 Å². The van der Waals surface area contributed by atoms with Crippen molar-refractivity contribution >= 4 is 36.2 Å². The van der Waals surface area contributed by atoms with Gasteiger partial charge in [0, 0.05) is 12.8 Å². The minimum Gasteiger partial charge on any atom is -0.777 e. The summed E-state index contributed by atoms with van der Waals surface area (Å²) in [7, 11) is -3.78. The van der Waals surface area contributed by atoms with Gasteiger partial charge in [0.15, 0.2) is 13.7 Å². The molecule has 10 heteroatoms. The highest BCUT2D eigenvalue weighted by molar-refractivity contribution is 7.52. The van der Waals surface area contributed by atoms with Gasteiger partial charge in [-0.3, -0.25) is 9.59 Å². The van der Waals surface area contributed by atoms with Gasteiger partial charge in [-0.25, -0.2) is 4.79 Å². The minimum atomic E-state index is -4.93. The molecule has 3 aromatic rings. The smallest absolute Gasteiger partial charge is 0.335 e. The molecule has 0 aliphatic carbocycles. The van der Waals surface area contributed by atoms with Gasteiger partial charge in [0.2, 0.25) is 11.8 Å². The summed E-state index contributed by atoms with van der Waals surface area (Å²) < 4.78 is 24.0. The number of carbonyl (C=O) groups excluding carboxylic acids is 3. The number of esters is 1. The van der Waals surface area contributed by atoms with Gasteiger partial charge in [-0.2, -0.15) is 0 Å². The maximum absolute atomic E-state index is 13.7. The van der Waals surface area contributed by atoms with Gasteiger partial charge < -0.3 is 29.4 Å². The van der Waals surface area contributed by atoms with Crippen molar-refractivity contribution in [3.63, 3.8) is 0 Å². The highest BCUT2D eigenvalue weighted by Gasteiger charge is 2.35. The van der Waals surface area contributed by atoms with Crippen LogP contribution in [0.4, 0.5) is 0 Å². The lowest BCUT2D eigenvalue weighted by Crippen LogP contribution is -2.53. The summed E-state index contributed by atoms with van der Waals surface area (Å²) in [6.07, 6.45) is -1.51. The Balaban J connectivity index is 1.73. The predicted octanol–water partition coefficient (Wildman–Crippen LogP) is 2.88. The van der Waals surface area contributed by atoms with E-state index in [0.29, 0.717) is 11.1 Å². The van der Waals surface area contributed by atoms with Crippen LogP contribution < -0.4 is 15.5 Å². The summed E-state index contributed by atoms with van der Waals surface area (Å²) in [6, 6.07) is 18.9. The van der Waals surface area contributed by atoms with Crippen molar-refractivity contribution in [3.05, 3.63) is 83.4 Å². The third-order valence-corrected chi connectivity index (χ3v) is 8.40. The van der Waals surface area contributed by atoms with Crippen molar-refractivity contribution in [3.8, 4) is 0 Å². The lowest BCUT2D eigenvalue weighted by Gasteiger charge is -2.36. The number of methoxy groups -OCH3 is 1. The van der Waals surface area contributed by atoms with Crippen LogP contribution in [-0.2, 0) is 47.5 Å². The Hall–Kier alpha value is -3.52. The third kappa shape index (κ3) is 6.92. The molecule has 2 amide bonds. The first-order valence-electron chi connectivity index (χ1n) is 12.8. The summed E-state index contributed by atoms with van der Waals surface area (Å²) in [6.45, 7) is 3.52. The Bertz CT molecular complexity index is 1410. The zero-order valence-electron chi connectivity index (χ0n) is 22.1. The molecule has 0 aromatic heterocycles. The van der Waals surface area contributed by atoms with Crippen molar-refractivity contribution in [1.82, 2.24) is 10.6 Å². The van der Waals surface area contributed by atoms with Crippen molar-refractivity contribution in [1.29, 1.82) is 0 Å². The molecule has 1 aliphatic rings. The maximum Gasteiger partial charge on any atom is 0.335 e. The van der Waals surface area contributed by atoms with Gasteiger partial charge in [-0.15, -0.1) is 0 Å². The summed E-state index contributed by atoms with van der Waals surface area (Å²) in [5.41, 5.74) is 2.07. The Morgan fingerprint density at radius 3 is 2.49 bits per heavy atom. The molecule has 39 heavy (non-hydrogen) atoms. The number of amides is 2.